The quantitative estimate of drug-likeness (QED) is 0.923. The molecule has 0 aromatic heterocycles. The summed E-state index contributed by atoms with van der Waals surface area (Å²) in [5.41, 5.74) is -0.290. The van der Waals surface area contributed by atoms with Gasteiger partial charge >= 0.3 is 0 Å². The first-order valence-corrected chi connectivity index (χ1v) is 8.87. The number of hydrogen-bond donors (Lipinski definition) is 1. The molecule has 5 nitrogen and oxygen atoms in total. The Bertz CT molecular complexity index is 590. The van der Waals surface area contributed by atoms with Crippen LogP contribution < -0.4 is 10.1 Å². The van der Waals surface area contributed by atoms with Crippen molar-refractivity contribution in [2.75, 3.05) is 13.2 Å². The summed E-state index contributed by atoms with van der Waals surface area (Å²) < 4.78 is 5.66. The molecule has 2 heterocycles. The molecule has 2 amide bonds. The van der Waals surface area contributed by atoms with E-state index in [1.807, 2.05) is 35.2 Å². The minimum absolute atomic E-state index is 0.0990. The van der Waals surface area contributed by atoms with E-state index in [0.717, 1.165) is 38.0 Å². The average molecular weight is 330 g/mol. The van der Waals surface area contributed by atoms with E-state index in [2.05, 4.69) is 12.2 Å². The maximum absolute atomic E-state index is 12.8. The molecule has 0 spiro atoms. The Balaban J connectivity index is 1.61. The number of fused-ring (bicyclic) bond motifs is 1. The third kappa shape index (κ3) is 3.71. The monoisotopic (exact) mass is 330 g/mol. The van der Waals surface area contributed by atoms with E-state index in [1.165, 1.54) is 0 Å². The summed E-state index contributed by atoms with van der Waals surface area (Å²) in [4.78, 5) is 26.5. The highest BCUT2D eigenvalue weighted by atomic mass is 16.5. The van der Waals surface area contributed by atoms with Crippen molar-refractivity contribution < 1.29 is 14.3 Å². The van der Waals surface area contributed by atoms with Gasteiger partial charge < -0.3 is 15.0 Å². The molecule has 1 aromatic rings. The molecule has 24 heavy (non-hydrogen) atoms. The van der Waals surface area contributed by atoms with E-state index in [1.54, 1.807) is 0 Å². The molecule has 2 atom stereocenters. The molecule has 1 aromatic carbocycles. The number of nitrogens with one attached hydrogen (secondary N) is 1. The normalized spacial score (nSPS) is 27.0. The van der Waals surface area contributed by atoms with E-state index in [0.29, 0.717) is 19.4 Å². The molecule has 1 N–H and O–H groups in total. The maximum atomic E-state index is 12.8. The van der Waals surface area contributed by atoms with Crippen molar-refractivity contribution in [1.29, 1.82) is 0 Å². The Labute approximate surface area is 143 Å². The molecule has 2 saturated heterocycles. The predicted octanol–water partition coefficient (Wildman–Crippen LogP) is 2.51. The van der Waals surface area contributed by atoms with Crippen molar-refractivity contribution in [1.82, 2.24) is 10.2 Å². The fourth-order valence-electron chi connectivity index (χ4n) is 3.92. The van der Waals surface area contributed by atoms with Crippen LogP contribution in [0.5, 0.6) is 5.75 Å². The zero-order valence-electron chi connectivity index (χ0n) is 14.3. The third-order valence-corrected chi connectivity index (χ3v) is 5.17. The Morgan fingerprint density at radius 1 is 1.33 bits per heavy atom. The highest BCUT2D eigenvalue weighted by Crippen LogP contribution is 2.33. The summed E-state index contributed by atoms with van der Waals surface area (Å²) in [5, 5.41) is 3.14. The topological polar surface area (TPSA) is 58.6 Å². The van der Waals surface area contributed by atoms with Crippen LogP contribution in [0, 0.1) is 0 Å². The predicted molar refractivity (Wildman–Crippen MR) is 91.7 cm³/mol. The lowest BCUT2D eigenvalue weighted by molar-refractivity contribution is -0.140. The van der Waals surface area contributed by atoms with Crippen LogP contribution in [0.25, 0.3) is 0 Å². The number of hydrogen-bond acceptors (Lipinski definition) is 3. The Morgan fingerprint density at radius 3 is 2.92 bits per heavy atom. The second-order valence-electron chi connectivity index (χ2n) is 6.98. The summed E-state index contributed by atoms with van der Waals surface area (Å²) in [6.45, 7) is 3.25. The van der Waals surface area contributed by atoms with Gasteiger partial charge in [0.15, 0.2) is 0 Å². The fourth-order valence-corrected chi connectivity index (χ4v) is 3.92. The van der Waals surface area contributed by atoms with Gasteiger partial charge in [-0.3, -0.25) is 9.59 Å². The first-order valence-electron chi connectivity index (χ1n) is 8.87. The largest absolute Gasteiger partial charge is 0.493 e. The standard InChI is InChI=1S/C19H26N2O3/c1-19-12-5-6-13-21(16(19)9-10-17(22)20-19)18(23)11-14-24-15-7-3-2-4-8-15/h2-4,7-8,16H,5-6,9-14H2,1H3,(H,20,22)/t16-,19-/m0/s1. The molecule has 0 unspecified atom stereocenters. The molecule has 130 valence electrons. The minimum Gasteiger partial charge on any atom is -0.493 e. The number of ether oxygens (including phenoxy) is 1. The molecule has 0 radical (unpaired) electrons. The first-order chi connectivity index (χ1) is 11.6. The van der Waals surface area contributed by atoms with Crippen LogP contribution >= 0.6 is 0 Å². The second-order valence-corrected chi connectivity index (χ2v) is 6.98. The van der Waals surface area contributed by atoms with Gasteiger partial charge in [-0.2, -0.15) is 0 Å². The van der Waals surface area contributed by atoms with E-state index < -0.39 is 0 Å². The minimum atomic E-state index is -0.290. The van der Waals surface area contributed by atoms with Crippen LogP contribution in [-0.2, 0) is 9.59 Å². The Morgan fingerprint density at radius 2 is 2.12 bits per heavy atom. The van der Waals surface area contributed by atoms with Gasteiger partial charge in [0.05, 0.1) is 24.6 Å². The number of rotatable bonds is 4. The molecule has 2 fully saturated rings. The van der Waals surface area contributed by atoms with Gasteiger partial charge in [0.1, 0.15) is 5.75 Å². The first kappa shape index (κ1) is 16.8. The smallest absolute Gasteiger partial charge is 0.226 e. The van der Waals surface area contributed by atoms with E-state index >= 15 is 0 Å². The Kier molecular flexibility index (Phi) is 5.07. The van der Waals surface area contributed by atoms with Gasteiger partial charge in [-0.05, 0) is 44.7 Å². The molecule has 2 aliphatic heterocycles. The van der Waals surface area contributed by atoms with Crippen molar-refractivity contribution in [3.8, 4) is 5.75 Å². The van der Waals surface area contributed by atoms with Crippen molar-refractivity contribution in [3.05, 3.63) is 30.3 Å². The number of carbonyl (C=O) groups is 2. The molecule has 5 heteroatoms. The van der Waals surface area contributed by atoms with Crippen LogP contribution in [0.4, 0.5) is 0 Å². The number of amides is 2. The number of carbonyl (C=O) groups excluding carboxylic acids is 2. The number of piperidine rings is 1. The van der Waals surface area contributed by atoms with Gasteiger partial charge in [0.2, 0.25) is 11.8 Å². The average Bonchev–Trinajstić information content (AvgIpc) is 2.73. The molecule has 0 bridgehead atoms. The van der Waals surface area contributed by atoms with Crippen LogP contribution in [0.3, 0.4) is 0 Å². The van der Waals surface area contributed by atoms with Crippen molar-refractivity contribution >= 4 is 11.8 Å². The zero-order chi connectivity index (χ0) is 17.0. The highest BCUT2D eigenvalue weighted by Gasteiger charge is 2.44. The van der Waals surface area contributed by atoms with Gasteiger partial charge in [-0.1, -0.05) is 18.2 Å². The van der Waals surface area contributed by atoms with Gasteiger partial charge in [-0.25, -0.2) is 0 Å². The Hall–Kier alpha value is -2.04. The van der Waals surface area contributed by atoms with E-state index in [4.69, 9.17) is 4.74 Å². The molecule has 2 aliphatic rings. The molecular weight excluding hydrogens is 304 g/mol. The molecule has 3 rings (SSSR count). The van der Waals surface area contributed by atoms with Gasteiger partial charge in [0.25, 0.3) is 0 Å². The molecule has 0 saturated carbocycles. The van der Waals surface area contributed by atoms with Crippen molar-refractivity contribution in [2.45, 2.75) is 57.0 Å². The number of nitrogens with zero attached hydrogens (tertiary/aromatic N) is 1. The number of likely N-dealkylation sites (tertiary alicyclic amines) is 1. The summed E-state index contributed by atoms with van der Waals surface area (Å²) in [5.74, 6) is 1.02. The number of para-hydroxylation sites is 1. The third-order valence-electron chi connectivity index (χ3n) is 5.17. The fraction of sp³-hybridized carbons (Fsp3) is 0.579. The highest BCUT2D eigenvalue weighted by molar-refractivity contribution is 5.80. The van der Waals surface area contributed by atoms with E-state index in [9.17, 15) is 9.59 Å². The summed E-state index contributed by atoms with van der Waals surface area (Å²) in [6, 6.07) is 9.66. The summed E-state index contributed by atoms with van der Waals surface area (Å²) in [6.07, 6.45) is 4.60. The lowest BCUT2D eigenvalue weighted by Gasteiger charge is -2.46. The van der Waals surface area contributed by atoms with Crippen LogP contribution in [0.15, 0.2) is 30.3 Å². The maximum Gasteiger partial charge on any atom is 0.226 e. The van der Waals surface area contributed by atoms with Crippen LogP contribution in [-0.4, -0.2) is 41.4 Å². The second kappa shape index (κ2) is 7.24. The van der Waals surface area contributed by atoms with Gasteiger partial charge in [-0.15, -0.1) is 0 Å². The molecule has 0 aliphatic carbocycles. The van der Waals surface area contributed by atoms with Crippen LogP contribution in [0.2, 0.25) is 0 Å². The molecular formula is C19H26N2O3. The lowest BCUT2D eigenvalue weighted by Crippen LogP contribution is -2.63. The van der Waals surface area contributed by atoms with Crippen LogP contribution in [0.1, 0.15) is 45.4 Å². The zero-order valence-corrected chi connectivity index (χ0v) is 14.3. The summed E-state index contributed by atoms with van der Waals surface area (Å²) in [7, 11) is 0. The van der Waals surface area contributed by atoms with Crippen molar-refractivity contribution in [3.63, 3.8) is 0 Å². The number of benzene rings is 1. The van der Waals surface area contributed by atoms with Crippen molar-refractivity contribution in [2.24, 2.45) is 0 Å². The van der Waals surface area contributed by atoms with Gasteiger partial charge in [0, 0.05) is 13.0 Å². The SMILES string of the molecule is C[C@]12CCCCN(C(=O)CCOc3ccccc3)[C@H]1CCC(=O)N2. The van der Waals surface area contributed by atoms with E-state index in [-0.39, 0.29) is 23.4 Å². The lowest BCUT2D eigenvalue weighted by atomic mass is 9.81. The summed E-state index contributed by atoms with van der Waals surface area (Å²) >= 11 is 0.